The molecule has 3 rings (SSSR count). The van der Waals surface area contributed by atoms with Gasteiger partial charge in [0.15, 0.2) is 0 Å². The molecule has 0 radical (unpaired) electrons. The maximum Gasteiger partial charge on any atom is 0.274 e. The Morgan fingerprint density at radius 1 is 1.20 bits per heavy atom. The predicted octanol–water partition coefficient (Wildman–Crippen LogP) is 0.879. The second kappa shape index (κ2) is 7.40. The lowest BCUT2D eigenvalue weighted by Crippen LogP contribution is -2.46. The van der Waals surface area contributed by atoms with E-state index in [0.717, 1.165) is 6.41 Å². The molecule has 8 nitrogen and oxygen atoms in total. The van der Waals surface area contributed by atoms with Crippen LogP contribution in [0.15, 0.2) is 36.5 Å². The molecule has 1 aliphatic heterocycles. The van der Waals surface area contributed by atoms with Gasteiger partial charge in [-0.3, -0.25) is 9.59 Å². The fourth-order valence-corrected chi connectivity index (χ4v) is 2.53. The highest BCUT2D eigenvalue weighted by Crippen LogP contribution is 2.16. The van der Waals surface area contributed by atoms with Gasteiger partial charge >= 0.3 is 0 Å². The van der Waals surface area contributed by atoms with E-state index in [0.29, 0.717) is 43.4 Å². The van der Waals surface area contributed by atoms with Crippen LogP contribution in [0, 0.1) is 11.3 Å². The van der Waals surface area contributed by atoms with Crippen molar-refractivity contribution in [3.05, 3.63) is 47.8 Å². The number of anilines is 2. The number of piperazine rings is 1. The van der Waals surface area contributed by atoms with Crippen molar-refractivity contribution in [3.8, 4) is 6.07 Å². The van der Waals surface area contributed by atoms with E-state index in [2.05, 4.69) is 15.3 Å². The molecule has 0 atom stereocenters. The SMILES string of the molecule is N#Cc1ccccc1NC(=O)c1ccnc(N2CCN(C=O)CC2)n1. The summed E-state index contributed by atoms with van der Waals surface area (Å²) in [6.07, 6.45) is 2.36. The summed E-state index contributed by atoms with van der Waals surface area (Å²) in [5.41, 5.74) is 1.04. The maximum atomic E-state index is 12.4. The van der Waals surface area contributed by atoms with Crippen molar-refractivity contribution in [2.24, 2.45) is 0 Å². The molecule has 2 heterocycles. The molecule has 25 heavy (non-hydrogen) atoms. The lowest BCUT2D eigenvalue weighted by Gasteiger charge is -2.32. The smallest absolute Gasteiger partial charge is 0.274 e. The first-order valence-electron chi connectivity index (χ1n) is 7.79. The van der Waals surface area contributed by atoms with E-state index >= 15 is 0 Å². The van der Waals surface area contributed by atoms with Crippen LogP contribution in [0.1, 0.15) is 16.1 Å². The van der Waals surface area contributed by atoms with Crippen LogP contribution in [-0.4, -0.2) is 53.4 Å². The van der Waals surface area contributed by atoms with Gasteiger partial charge in [0, 0.05) is 32.4 Å². The van der Waals surface area contributed by atoms with Crippen LogP contribution in [0.4, 0.5) is 11.6 Å². The molecule has 8 heteroatoms. The third-order valence-electron chi connectivity index (χ3n) is 3.92. The highest BCUT2D eigenvalue weighted by Gasteiger charge is 2.19. The molecule has 0 saturated carbocycles. The van der Waals surface area contributed by atoms with E-state index < -0.39 is 5.91 Å². The van der Waals surface area contributed by atoms with Gasteiger partial charge in [0.2, 0.25) is 12.4 Å². The second-order valence-electron chi connectivity index (χ2n) is 5.48. The number of hydrogen-bond donors (Lipinski definition) is 1. The third-order valence-corrected chi connectivity index (χ3v) is 3.92. The number of amides is 2. The molecule has 0 unspecified atom stereocenters. The van der Waals surface area contributed by atoms with Crippen molar-refractivity contribution in [1.29, 1.82) is 5.26 Å². The minimum Gasteiger partial charge on any atom is -0.342 e. The molecule has 1 N–H and O–H groups in total. The topological polar surface area (TPSA) is 102 Å². The molecule has 1 aromatic heterocycles. The summed E-state index contributed by atoms with van der Waals surface area (Å²) in [6.45, 7) is 2.42. The average molecular weight is 336 g/mol. The number of nitrogens with one attached hydrogen (secondary N) is 1. The van der Waals surface area contributed by atoms with Crippen LogP contribution in [-0.2, 0) is 4.79 Å². The molecule has 0 aliphatic carbocycles. The van der Waals surface area contributed by atoms with E-state index in [1.807, 2.05) is 11.0 Å². The third kappa shape index (κ3) is 3.72. The van der Waals surface area contributed by atoms with Crippen LogP contribution < -0.4 is 10.2 Å². The zero-order chi connectivity index (χ0) is 17.6. The molecule has 1 aromatic carbocycles. The molecule has 1 aliphatic rings. The van der Waals surface area contributed by atoms with Gasteiger partial charge in [0.05, 0.1) is 11.3 Å². The zero-order valence-electron chi connectivity index (χ0n) is 13.4. The van der Waals surface area contributed by atoms with E-state index in [9.17, 15) is 9.59 Å². The molecule has 0 spiro atoms. The highest BCUT2D eigenvalue weighted by atomic mass is 16.2. The van der Waals surface area contributed by atoms with Crippen molar-refractivity contribution in [2.45, 2.75) is 0 Å². The molecule has 2 amide bonds. The van der Waals surface area contributed by atoms with E-state index in [-0.39, 0.29) is 5.69 Å². The van der Waals surface area contributed by atoms with Crippen molar-refractivity contribution < 1.29 is 9.59 Å². The monoisotopic (exact) mass is 336 g/mol. The van der Waals surface area contributed by atoms with Gasteiger partial charge < -0.3 is 15.1 Å². The number of carbonyl (C=O) groups excluding carboxylic acids is 2. The van der Waals surface area contributed by atoms with Crippen LogP contribution in [0.2, 0.25) is 0 Å². The number of carbonyl (C=O) groups is 2. The number of benzene rings is 1. The molecular formula is C17H16N6O2. The van der Waals surface area contributed by atoms with Crippen LogP contribution in [0.3, 0.4) is 0 Å². The largest absolute Gasteiger partial charge is 0.342 e. The minimum atomic E-state index is -0.405. The van der Waals surface area contributed by atoms with Gasteiger partial charge in [0.25, 0.3) is 5.91 Å². The number of nitrogens with zero attached hydrogens (tertiary/aromatic N) is 5. The van der Waals surface area contributed by atoms with Gasteiger partial charge in [-0.1, -0.05) is 12.1 Å². The van der Waals surface area contributed by atoms with Gasteiger partial charge in [-0.05, 0) is 18.2 Å². The fourth-order valence-electron chi connectivity index (χ4n) is 2.53. The van der Waals surface area contributed by atoms with Crippen molar-refractivity contribution in [2.75, 3.05) is 36.4 Å². The average Bonchev–Trinajstić information content (AvgIpc) is 2.68. The Morgan fingerprint density at radius 3 is 2.68 bits per heavy atom. The zero-order valence-corrected chi connectivity index (χ0v) is 13.4. The number of aromatic nitrogens is 2. The quantitative estimate of drug-likeness (QED) is 0.832. The summed E-state index contributed by atoms with van der Waals surface area (Å²) in [5.74, 6) is 0.0460. The first-order chi connectivity index (χ1) is 12.2. The van der Waals surface area contributed by atoms with Crippen molar-refractivity contribution in [1.82, 2.24) is 14.9 Å². The first kappa shape index (κ1) is 16.4. The van der Waals surface area contributed by atoms with Gasteiger partial charge in [0.1, 0.15) is 11.8 Å². The summed E-state index contributed by atoms with van der Waals surface area (Å²) in [6, 6.07) is 10.3. The Kier molecular flexibility index (Phi) is 4.85. The van der Waals surface area contributed by atoms with Crippen LogP contribution in [0.5, 0.6) is 0 Å². The van der Waals surface area contributed by atoms with Crippen molar-refractivity contribution in [3.63, 3.8) is 0 Å². The number of para-hydroxylation sites is 1. The molecule has 1 fully saturated rings. The summed E-state index contributed by atoms with van der Waals surface area (Å²) in [4.78, 5) is 35.3. The van der Waals surface area contributed by atoms with Gasteiger partial charge in [-0.15, -0.1) is 0 Å². The Labute approximate surface area is 144 Å². The maximum absolute atomic E-state index is 12.4. The molecule has 126 valence electrons. The Bertz CT molecular complexity index is 824. The fraction of sp³-hybridized carbons (Fsp3) is 0.235. The molecule has 2 aromatic rings. The summed E-state index contributed by atoms with van der Waals surface area (Å²) >= 11 is 0. The van der Waals surface area contributed by atoms with E-state index in [1.165, 1.54) is 12.3 Å². The predicted molar refractivity (Wildman–Crippen MR) is 91.0 cm³/mol. The lowest BCUT2D eigenvalue weighted by atomic mass is 10.2. The van der Waals surface area contributed by atoms with Crippen molar-refractivity contribution >= 4 is 24.0 Å². The highest BCUT2D eigenvalue weighted by molar-refractivity contribution is 6.03. The minimum absolute atomic E-state index is 0.218. The number of hydrogen-bond acceptors (Lipinski definition) is 6. The normalized spacial score (nSPS) is 13.9. The van der Waals surface area contributed by atoms with Gasteiger partial charge in [-0.25, -0.2) is 9.97 Å². The molecular weight excluding hydrogens is 320 g/mol. The van der Waals surface area contributed by atoms with Gasteiger partial charge in [-0.2, -0.15) is 5.26 Å². The number of nitriles is 1. The summed E-state index contributed by atoms with van der Waals surface area (Å²) < 4.78 is 0. The molecule has 1 saturated heterocycles. The Hall–Kier alpha value is -3.47. The second-order valence-corrected chi connectivity index (χ2v) is 5.48. The Morgan fingerprint density at radius 2 is 1.96 bits per heavy atom. The summed E-state index contributed by atoms with van der Waals surface area (Å²) in [7, 11) is 0. The summed E-state index contributed by atoms with van der Waals surface area (Å²) in [5, 5.41) is 11.8. The standard InChI is InChI=1S/C17H16N6O2/c18-11-13-3-1-2-4-14(13)20-16(25)15-5-6-19-17(21-15)23-9-7-22(12-24)8-10-23/h1-6,12H,7-10H2,(H,20,25). The van der Waals surface area contributed by atoms with Crippen LogP contribution >= 0.6 is 0 Å². The lowest BCUT2D eigenvalue weighted by molar-refractivity contribution is -0.118. The Balaban J connectivity index is 1.74. The first-order valence-corrected chi connectivity index (χ1v) is 7.79. The number of rotatable bonds is 4. The van der Waals surface area contributed by atoms with Crippen LogP contribution in [0.25, 0.3) is 0 Å². The molecule has 0 bridgehead atoms. The van der Waals surface area contributed by atoms with E-state index in [1.54, 1.807) is 29.2 Å². The van der Waals surface area contributed by atoms with E-state index in [4.69, 9.17) is 5.26 Å².